The monoisotopic (exact) mass is 219 g/mol. The van der Waals surface area contributed by atoms with E-state index in [0.29, 0.717) is 5.41 Å². The number of aromatic nitrogens is 2. The molecule has 0 aromatic carbocycles. The zero-order chi connectivity index (χ0) is 11.2. The maximum atomic E-state index is 4.53. The van der Waals surface area contributed by atoms with Crippen LogP contribution in [-0.2, 0) is 13.5 Å². The maximum Gasteiger partial charge on any atom is 0.0630 e. The molecule has 2 aliphatic carbocycles. The second-order valence-electron chi connectivity index (χ2n) is 5.85. The van der Waals surface area contributed by atoms with Crippen LogP contribution in [0.1, 0.15) is 25.0 Å². The lowest BCUT2D eigenvalue weighted by molar-refractivity contribution is 0.252. The van der Waals surface area contributed by atoms with Crippen LogP contribution in [0.2, 0.25) is 0 Å². The van der Waals surface area contributed by atoms with Gasteiger partial charge in [0.1, 0.15) is 0 Å². The van der Waals surface area contributed by atoms with Crippen molar-refractivity contribution in [2.45, 2.75) is 25.7 Å². The number of aryl methyl sites for hydroxylation is 1. The number of nitrogens with one attached hydrogen (secondary N) is 1. The van der Waals surface area contributed by atoms with Crippen LogP contribution in [0.25, 0.3) is 0 Å². The third-order valence-corrected chi connectivity index (χ3v) is 4.34. The number of rotatable bonds is 4. The SMILES string of the molecule is CNCC1(Cc2ccn(C)n2)CC2CC2C1. The van der Waals surface area contributed by atoms with Crippen molar-refractivity contribution >= 4 is 0 Å². The largest absolute Gasteiger partial charge is 0.319 e. The fraction of sp³-hybridized carbons (Fsp3) is 0.769. The maximum absolute atomic E-state index is 4.53. The van der Waals surface area contributed by atoms with Crippen molar-refractivity contribution in [1.29, 1.82) is 0 Å². The van der Waals surface area contributed by atoms with E-state index >= 15 is 0 Å². The summed E-state index contributed by atoms with van der Waals surface area (Å²) in [5.41, 5.74) is 1.76. The van der Waals surface area contributed by atoms with Crippen LogP contribution in [0.5, 0.6) is 0 Å². The van der Waals surface area contributed by atoms with E-state index in [1.165, 1.54) is 25.0 Å². The molecule has 0 radical (unpaired) electrons. The Morgan fingerprint density at radius 3 is 2.81 bits per heavy atom. The summed E-state index contributed by atoms with van der Waals surface area (Å²) in [6.45, 7) is 1.15. The summed E-state index contributed by atoms with van der Waals surface area (Å²) < 4.78 is 1.91. The van der Waals surface area contributed by atoms with Crippen LogP contribution < -0.4 is 5.32 Å². The number of hydrogen-bond acceptors (Lipinski definition) is 2. The molecule has 3 rings (SSSR count). The summed E-state index contributed by atoms with van der Waals surface area (Å²) in [5.74, 6) is 2.08. The minimum atomic E-state index is 0.497. The van der Waals surface area contributed by atoms with Crippen LogP contribution in [0.3, 0.4) is 0 Å². The van der Waals surface area contributed by atoms with Gasteiger partial charge in [0.05, 0.1) is 5.69 Å². The number of fused-ring (bicyclic) bond motifs is 1. The third-order valence-electron chi connectivity index (χ3n) is 4.34. The topological polar surface area (TPSA) is 29.9 Å². The molecule has 0 amide bonds. The highest BCUT2D eigenvalue weighted by molar-refractivity contribution is 5.10. The molecule has 1 N–H and O–H groups in total. The summed E-state index contributed by atoms with van der Waals surface area (Å²) in [6, 6.07) is 2.17. The van der Waals surface area contributed by atoms with E-state index in [4.69, 9.17) is 0 Å². The van der Waals surface area contributed by atoms with E-state index in [2.05, 4.69) is 29.7 Å². The standard InChI is InChI=1S/C13H21N3/c1-14-9-13(6-10-5-11(10)7-13)8-12-3-4-16(2)15-12/h3-4,10-11,14H,5-9H2,1-2H3. The normalized spacial score (nSPS) is 36.4. The Morgan fingerprint density at radius 2 is 2.25 bits per heavy atom. The van der Waals surface area contributed by atoms with E-state index in [-0.39, 0.29) is 0 Å². The summed E-state index contributed by atoms with van der Waals surface area (Å²) in [7, 11) is 4.07. The molecule has 2 fully saturated rings. The highest BCUT2D eigenvalue weighted by Gasteiger charge is 2.53. The van der Waals surface area contributed by atoms with Gasteiger partial charge in [-0.1, -0.05) is 0 Å². The van der Waals surface area contributed by atoms with Crippen LogP contribution in [-0.4, -0.2) is 23.4 Å². The molecule has 88 valence electrons. The van der Waals surface area contributed by atoms with Crippen molar-refractivity contribution < 1.29 is 0 Å². The van der Waals surface area contributed by atoms with E-state index < -0.39 is 0 Å². The molecular weight excluding hydrogens is 198 g/mol. The van der Waals surface area contributed by atoms with Gasteiger partial charge in [0.15, 0.2) is 0 Å². The van der Waals surface area contributed by atoms with Gasteiger partial charge in [-0.2, -0.15) is 5.10 Å². The molecule has 16 heavy (non-hydrogen) atoms. The Hall–Kier alpha value is -0.830. The molecule has 0 saturated heterocycles. The molecule has 1 aromatic heterocycles. The lowest BCUT2D eigenvalue weighted by Crippen LogP contribution is -2.33. The van der Waals surface area contributed by atoms with Crippen molar-refractivity contribution in [3.05, 3.63) is 18.0 Å². The molecule has 1 heterocycles. The molecule has 0 bridgehead atoms. The Kier molecular flexibility index (Phi) is 2.32. The van der Waals surface area contributed by atoms with Gasteiger partial charge in [0.2, 0.25) is 0 Å². The van der Waals surface area contributed by atoms with Crippen LogP contribution >= 0.6 is 0 Å². The summed E-state index contributed by atoms with van der Waals surface area (Å²) in [6.07, 6.45) is 7.53. The van der Waals surface area contributed by atoms with E-state index in [0.717, 1.165) is 24.8 Å². The first kappa shape index (κ1) is 10.3. The lowest BCUT2D eigenvalue weighted by Gasteiger charge is -2.30. The molecule has 0 spiro atoms. The average molecular weight is 219 g/mol. The predicted octanol–water partition coefficient (Wildman–Crippen LogP) is 1.60. The zero-order valence-electron chi connectivity index (χ0n) is 10.2. The van der Waals surface area contributed by atoms with Crippen LogP contribution in [0.4, 0.5) is 0 Å². The highest BCUT2D eigenvalue weighted by Crippen LogP contribution is 2.60. The number of hydrogen-bond donors (Lipinski definition) is 1. The van der Waals surface area contributed by atoms with E-state index in [1.54, 1.807) is 0 Å². The smallest absolute Gasteiger partial charge is 0.0630 e. The third kappa shape index (κ3) is 1.77. The molecular formula is C13H21N3. The minimum absolute atomic E-state index is 0.497. The molecule has 3 nitrogen and oxygen atoms in total. The molecule has 2 aliphatic rings. The van der Waals surface area contributed by atoms with Gasteiger partial charge in [0, 0.05) is 19.8 Å². The molecule has 0 aliphatic heterocycles. The molecule has 1 aromatic rings. The Morgan fingerprint density at radius 1 is 1.50 bits per heavy atom. The number of nitrogens with zero attached hydrogens (tertiary/aromatic N) is 2. The highest BCUT2D eigenvalue weighted by atomic mass is 15.2. The summed E-state index contributed by atoms with van der Waals surface area (Å²) in [4.78, 5) is 0. The van der Waals surface area contributed by atoms with Crippen molar-refractivity contribution in [3.63, 3.8) is 0 Å². The molecule has 2 atom stereocenters. The quantitative estimate of drug-likeness (QED) is 0.833. The second-order valence-corrected chi connectivity index (χ2v) is 5.85. The average Bonchev–Trinajstić information content (AvgIpc) is 2.67. The summed E-state index contributed by atoms with van der Waals surface area (Å²) in [5, 5.41) is 7.91. The van der Waals surface area contributed by atoms with Crippen molar-refractivity contribution in [2.75, 3.05) is 13.6 Å². The first-order chi connectivity index (χ1) is 7.71. The first-order valence-corrected chi connectivity index (χ1v) is 6.34. The van der Waals surface area contributed by atoms with Gasteiger partial charge >= 0.3 is 0 Å². The first-order valence-electron chi connectivity index (χ1n) is 6.34. The van der Waals surface area contributed by atoms with Gasteiger partial charge in [-0.15, -0.1) is 0 Å². The van der Waals surface area contributed by atoms with Crippen molar-refractivity contribution in [1.82, 2.24) is 15.1 Å². The minimum Gasteiger partial charge on any atom is -0.319 e. The Balaban J connectivity index is 1.74. The van der Waals surface area contributed by atoms with Gasteiger partial charge in [-0.3, -0.25) is 4.68 Å². The molecule has 2 unspecified atom stereocenters. The lowest BCUT2D eigenvalue weighted by atomic mass is 9.78. The summed E-state index contributed by atoms with van der Waals surface area (Å²) >= 11 is 0. The predicted molar refractivity (Wildman–Crippen MR) is 64.1 cm³/mol. The van der Waals surface area contributed by atoms with Gasteiger partial charge in [0.25, 0.3) is 0 Å². The zero-order valence-corrected chi connectivity index (χ0v) is 10.2. The van der Waals surface area contributed by atoms with Crippen LogP contribution in [0, 0.1) is 17.3 Å². The van der Waals surface area contributed by atoms with E-state index in [9.17, 15) is 0 Å². The fourth-order valence-electron chi connectivity index (χ4n) is 3.67. The molecule has 3 heteroatoms. The second kappa shape index (κ2) is 3.59. The Bertz CT molecular complexity index is 372. The van der Waals surface area contributed by atoms with Gasteiger partial charge < -0.3 is 5.32 Å². The van der Waals surface area contributed by atoms with Crippen molar-refractivity contribution in [2.24, 2.45) is 24.3 Å². The van der Waals surface area contributed by atoms with Gasteiger partial charge in [-0.25, -0.2) is 0 Å². The van der Waals surface area contributed by atoms with Gasteiger partial charge in [-0.05, 0) is 56.0 Å². The van der Waals surface area contributed by atoms with Crippen molar-refractivity contribution in [3.8, 4) is 0 Å². The van der Waals surface area contributed by atoms with Crippen LogP contribution in [0.15, 0.2) is 12.3 Å². The van der Waals surface area contributed by atoms with E-state index in [1.807, 2.05) is 11.7 Å². The fourth-order valence-corrected chi connectivity index (χ4v) is 3.67. The molecule has 2 saturated carbocycles. The Labute approximate surface area is 97.2 Å².